The zero-order chi connectivity index (χ0) is 24.5. The largest absolute Gasteiger partial charge is 0.416 e. The van der Waals surface area contributed by atoms with E-state index in [1.807, 2.05) is 6.07 Å². The number of nitrogens with zero attached hydrogens (tertiary/aromatic N) is 2. The van der Waals surface area contributed by atoms with Gasteiger partial charge in [-0.1, -0.05) is 12.1 Å². The summed E-state index contributed by atoms with van der Waals surface area (Å²) in [6, 6.07) is 10.6. The van der Waals surface area contributed by atoms with E-state index >= 15 is 0 Å². The molecule has 0 unspecified atom stereocenters. The SMILES string of the molecule is O=C(Nc1cccc(-c2csc(-c3cccnc3)n2)c1)c1cc(C(F)(F)F)cc(C(F)(F)F)c1. The van der Waals surface area contributed by atoms with Crippen LogP contribution in [0.3, 0.4) is 0 Å². The Bertz CT molecular complexity index is 1300. The van der Waals surface area contributed by atoms with Crippen LogP contribution in [-0.4, -0.2) is 15.9 Å². The van der Waals surface area contributed by atoms with E-state index in [-0.39, 0.29) is 11.8 Å². The van der Waals surface area contributed by atoms with Crippen LogP contribution in [0.15, 0.2) is 72.4 Å². The van der Waals surface area contributed by atoms with E-state index in [0.29, 0.717) is 28.4 Å². The summed E-state index contributed by atoms with van der Waals surface area (Å²) in [6.07, 6.45) is -6.81. The van der Waals surface area contributed by atoms with Gasteiger partial charge in [-0.2, -0.15) is 26.3 Å². The van der Waals surface area contributed by atoms with Crippen LogP contribution in [0, 0.1) is 0 Å². The molecular weight excluding hydrogens is 480 g/mol. The minimum atomic E-state index is -5.05. The van der Waals surface area contributed by atoms with Crippen molar-refractivity contribution in [3.05, 3.63) is 89.1 Å². The van der Waals surface area contributed by atoms with Crippen molar-refractivity contribution in [3.8, 4) is 21.8 Å². The fourth-order valence-corrected chi connectivity index (χ4v) is 3.89. The van der Waals surface area contributed by atoms with Crippen molar-refractivity contribution >= 4 is 22.9 Å². The van der Waals surface area contributed by atoms with Crippen molar-refractivity contribution in [2.45, 2.75) is 12.4 Å². The van der Waals surface area contributed by atoms with Gasteiger partial charge in [0.1, 0.15) is 5.01 Å². The van der Waals surface area contributed by atoms with Crippen molar-refractivity contribution < 1.29 is 31.1 Å². The third-order valence-electron chi connectivity index (χ3n) is 4.68. The molecule has 0 atom stereocenters. The Balaban J connectivity index is 1.61. The average Bonchev–Trinajstić information content (AvgIpc) is 3.29. The maximum Gasteiger partial charge on any atom is 0.416 e. The first-order valence-corrected chi connectivity index (χ1v) is 10.5. The van der Waals surface area contributed by atoms with Gasteiger partial charge in [-0.05, 0) is 42.5 Å². The van der Waals surface area contributed by atoms with Gasteiger partial charge >= 0.3 is 12.4 Å². The zero-order valence-electron chi connectivity index (χ0n) is 16.9. The molecule has 2 heterocycles. The van der Waals surface area contributed by atoms with Gasteiger partial charge in [0, 0.05) is 40.2 Å². The Morgan fingerprint density at radius 1 is 0.853 bits per heavy atom. The molecule has 0 radical (unpaired) electrons. The van der Waals surface area contributed by atoms with Crippen LogP contribution in [0.2, 0.25) is 0 Å². The maximum atomic E-state index is 13.1. The van der Waals surface area contributed by atoms with Crippen LogP contribution < -0.4 is 5.32 Å². The predicted octanol–water partition coefficient (Wildman–Crippen LogP) is 7.16. The van der Waals surface area contributed by atoms with E-state index in [9.17, 15) is 31.1 Å². The second-order valence-corrected chi connectivity index (χ2v) is 7.97. The molecule has 0 aliphatic heterocycles. The number of hydrogen-bond donors (Lipinski definition) is 1. The average molecular weight is 493 g/mol. The molecule has 2 aromatic carbocycles. The van der Waals surface area contributed by atoms with E-state index < -0.39 is 35.0 Å². The highest BCUT2D eigenvalue weighted by Gasteiger charge is 2.37. The quantitative estimate of drug-likeness (QED) is 0.307. The lowest BCUT2D eigenvalue weighted by Crippen LogP contribution is -2.17. The topological polar surface area (TPSA) is 54.9 Å². The van der Waals surface area contributed by atoms with Crippen LogP contribution in [0.4, 0.5) is 32.0 Å². The summed E-state index contributed by atoms with van der Waals surface area (Å²) < 4.78 is 78.5. The molecular formula is C23H13F6N3OS. The molecule has 4 aromatic rings. The number of thiazole rings is 1. The fraction of sp³-hybridized carbons (Fsp3) is 0.0870. The van der Waals surface area contributed by atoms with E-state index in [1.54, 1.807) is 36.0 Å². The van der Waals surface area contributed by atoms with Gasteiger partial charge in [0.2, 0.25) is 0 Å². The number of amides is 1. The van der Waals surface area contributed by atoms with Gasteiger partial charge in [-0.3, -0.25) is 9.78 Å². The molecule has 4 nitrogen and oxygen atoms in total. The van der Waals surface area contributed by atoms with E-state index in [1.165, 1.54) is 23.5 Å². The summed E-state index contributed by atoms with van der Waals surface area (Å²) in [5, 5.41) is 4.85. The third kappa shape index (κ3) is 5.25. The van der Waals surface area contributed by atoms with Crippen LogP contribution in [-0.2, 0) is 12.4 Å². The molecule has 0 saturated heterocycles. The number of hydrogen-bond acceptors (Lipinski definition) is 4. The first-order chi connectivity index (χ1) is 16.0. The molecule has 1 amide bonds. The lowest BCUT2D eigenvalue weighted by Gasteiger charge is -2.14. The Morgan fingerprint density at radius 3 is 2.15 bits per heavy atom. The number of anilines is 1. The summed E-state index contributed by atoms with van der Waals surface area (Å²) in [7, 11) is 0. The molecule has 0 saturated carbocycles. The Labute approximate surface area is 192 Å². The Hall–Kier alpha value is -3.73. The van der Waals surface area contributed by atoms with Crippen LogP contribution >= 0.6 is 11.3 Å². The number of pyridine rings is 1. The van der Waals surface area contributed by atoms with Crippen molar-refractivity contribution in [2.24, 2.45) is 0 Å². The van der Waals surface area contributed by atoms with Crippen molar-refractivity contribution in [1.29, 1.82) is 0 Å². The number of carbonyl (C=O) groups excluding carboxylic acids is 1. The molecule has 0 aliphatic carbocycles. The minimum Gasteiger partial charge on any atom is -0.322 e. The Morgan fingerprint density at radius 2 is 1.53 bits per heavy atom. The highest BCUT2D eigenvalue weighted by Crippen LogP contribution is 2.36. The standard InChI is InChI=1S/C23H13F6N3OS/c24-22(25,26)16-7-15(8-17(10-16)23(27,28)29)20(33)31-18-5-1-3-13(9-18)19-12-34-21(32-19)14-4-2-6-30-11-14/h1-12H,(H,31,33). The third-order valence-corrected chi connectivity index (χ3v) is 5.57. The zero-order valence-corrected chi connectivity index (χ0v) is 17.7. The first-order valence-electron chi connectivity index (χ1n) is 9.58. The van der Waals surface area contributed by atoms with Gasteiger partial charge in [-0.15, -0.1) is 11.3 Å². The number of benzene rings is 2. The van der Waals surface area contributed by atoms with Crippen LogP contribution in [0.25, 0.3) is 21.8 Å². The molecule has 2 aromatic heterocycles. The highest BCUT2D eigenvalue weighted by molar-refractivity contribution is 7.13. The summed E-state index contributed by atoms with van der Waals surface area (Å²) in [6.45, 7) is 0. The molecule has 0 aliphatic rings. The number of halogens is 6. The normalized spacial score (nSPS) is 11.9. The Kier molecular flexibility index (Phi) is 6.13. The number of rotatable bonds is 4. The van der Waals surface area contributed by atoms with E-state index in [4.69, 9.17) is 0 Å². The highest BCUT2D eigenvalue weighted by atomic mass is 32.1. The second kappa shape index (κ2) is 8.90. The second-order valence-electron chi connectivity index (χ2n) is 7.11. The summed E-state index contributed by atoms with van der Waals surface area (Å²) in [5.41, 5.74) is -1.71. The van der Waals surface area contributed by atoms with Crippen LogP contribution in [0.1, 0.15) is 21.5 Å². The molecule has 174 valence electrons. The molecule has 0 spiro atoms. The predicted molar refractivity (Wildman–Crippen MR) is 115 cm³/mol. The van der Waals surface area contributed by atoms with Crippen LogP contribution in [0.5, 0.6) is 0 Å². The summed E-state index contributed by atoms with van der Waals surface area (Å²) >= 11 is 1.37. The molecule has 11 heteroatoms. The molecule has 0 bridgehead atoms. The lowest BCUT2D eigenvalue weighted by molar-refractivity contribution is -0.143. The van der Waals surface area contributed by atoms with Crippen molar-refractivity contribution in [2.75, 3.05) is 5.32 Å². The minimum absolute atomic E-state index is 0.0283. The van der Waals surface area contributed by atoms with Gasteiger partial charge in [0.05, 0.1) is 16.8 Å². The van der Waals surface area contributed by atoms with Crippen molar-refractivity contribution in [3.63, 3.8) is 0 Å². The monoisotopic (exact) mass is 493 g/mol. The lowest BCUT2D eigenvalue weighted by atomic mass is 10.0. The van der Waals surface area contributed by atoms with E-state index in [2.05, 4.69) is 15.3 Å². The smallest absolute Gasteiger partial charge is 0.322 e. The molecule has 4 rings (SSSR count). The first kappa shape index (κ1) is 23.4. The molecule has 1 N–H and O–H groups in total. The number of aromatic nitrogens is 2. The number of nitrogens with one attached hydrogen (secondary N) is 1. The van der Waals surface area contributed by atoms with Gasteiger partial charge in [0.25, 0.3) is 5.91 Å². The molecule has 0 fully saturated rings. The molecule has 34 heavy (non-hydrogen) atoms. The maximum absolute atomic E-state index is 13.1. The summed E-state index contributed by atoms with van der Waals surface area (Å²) in [5.74, 6) is -1.11. The number of carbonyl (C=O) groups is 1. The van der Waals surface area contributed by atoms with Gasteiger partial charge in [0.15, 0.2) is 0 Å². The van der Waals surface area contributed by atoms with E-state index in [0.717, 1.165) is 5.56 Å². The van der Waals surface area contributed by atoms with Crippen molar-refractivity contribution in [1.82, 2.24) is 9.97 Å². The van der Waals surface area contributed by atoms with Gasteiger partial charge in [-0.25, -0.2) is 4.98 Å². The fourth-order valence-electron chi connectivity index (χ4n) is 3.07. The summed E-state index contributed by atoms with van der Waals surface area (Å²) in [4.78, 5) is 21.1. The van der Waals surface area contributed by atoms with Gasteiger partial charge < -0.3 is 5.32 Å². The number of alkyl halides is 6.